The highest BCUT2D eigenvalue weighted by molar-refractivity contribution is 5.77. The number of nitrogens with one attached hydrogen (secondary N) is 1. The van der Waals surface area contributed by atoms with Gasteiger partial charge in [-0.1, -0.05) is 30.3 Å². The van der Waals surface area contributed by atoms with E-state index in [0.717, 1.165) is 19.5 Å². The van der Waals surface area contributed by atoms with E-state index in [4.69, 9.17) is 0 Å². The highest BCUT2D eigenvalue weighted by Gasteiger charge is 2.27. The third kappa shape index (κ3) is 3.10. The van der Waals surface area contributed by atoms with E-state index in [2.05, 4.69) is 31.3 Å². The Morgan fingerprint density at radius 3 is 2.78 bits per heavy atom. The molecule has 1 aromatic carbocycles. The third-order valence-electron chi connectivity index (χ3n) is 3.82. The average molecular weight is 246 g/mol. The molecule has 3 nitrogen and oxygen atoms in total. The minimum Gasteiger partial charge on any atom is -0.337 e. The minimum absolute atomic E-state index is 0.278. The lowest BCUT2D eigenvalue weighted by Gasteiger charge is -2.38. The third-order valence-corrected chi connectivity index (χ3v) is 3.82. The number of carbonyl (C=O) groups is 1. The summed E-state index contributed by atoms with van der Waals surface area (Å²) in [6, 6.07) is 10.9. The van der Waals surface area contributed by atoms with Crippen molar-refractivity contribution in [1.82, 2.24) is 10.2 Å². The topological polar surface area (TPSA) is 32.3 Å². The van der Waals surface area contributed by atoms with Crippen LogP contribution in [0.5, 0.6) is 0 Å². The molecular formula is C15H22N2O. The largest absolute Gasteiger partial charge is 0.337 e. The van der Waals surface area contributed by atoms with Crippen LogP contribution in [0.25, 0.3) is 0 Å². The molecule has 1 N–H and O–H groups in total. The number of benzene rings is 1. The number of rotatable bonds is 3. The van der Waals surface area contributed by atoms with Crippen molar-refractivity contribution in [2.24, 2.45) is 0 Å². The van der Waals surface area contributed by atoms with Crippen LogP contribution in [0, 0.1) is 0 Å². The minimum atomic E-state index is 0.278. The summed E-state index contributed by atoms with van der Waals surface area (Å²) in [6.07, 6.45) is 1.45. The van der Waals surface area contributed by atoms with Crippen LogP contribution < -0.4 is 5.32 Å². The summed E-state index contributed by atoms with van der Waals surface area (Å²) >= 11 is 0. The molecule has 1 aliphatic heterocycles. The molecular weight excluding hydrogens is 224 g/mol. The van der Waals surface area contributed by atoms with Crippen LogP contribution >= 0.6 is 0 Å². The Labute approximate surface area is 109 Å². The van der Waals surface area contributed by atoms with Crippen LogP contribution in [0.1, 0.15) is 25.8 Å². The zero-order chi connectivity index (χ0) is 13.0. The first-order valence-corrected chi connectivity index (χ1v) is 6.75. The number of piperazine rings is 1. The van der Waals surface area contributed by atoms with Crippen LogP contribution in [0.4, 0.5) is 0 Å². The number of hydrogen-bond acceptors (Lipinski definition) is 2. The number of nitrogens with zero attached hydrogens (tertiary/aromatic N) is 1. The summed E-state index contributed by atoms with van der Waals surface area (Å²) in [7, 11) is 0. The number of amides is 1. The Hall–Kier alpha value is -1.35. The van der Waals surface area contributed by atoms with E-state index in [1.54, 1.807) is 0 Å². The molecule has 0 radical (unpaired) electrons. The molecule has 1 amide bonds. The molecule has 0 aliphatic carbocycles. The first kappa shape index (κ1) is 13.1. The van der Waals surface area contributed by atoms with Gasteiger partial charge in [-0.3, -0.25) is 4.79 Å². The maximum Gasteiger partial charge on any atom is 0.223 e. The number of carbonyl (C=O) groups excluding carboxylic acids is 1. The second-order valence-corrected chi connectivity index (χ2v) is 5.06. The van der Waals surface area contributed by atoms with E-state index >= 15 is 0 Å². The molecule has 1 aliphatic rings. The Morgan fingerprint density at radius 2 is 2.06 bits per heavy atom. The van der Waals surface area contributed by atoms with Crippen LogP contribution in [-0.4, -0.2) is 36.0 Å². The van der Waals surface area contributed by atoms with Crippen LogP contribution in [0.15, 0.2) is 30.3 Å². The van der Waals surface area contributed by atoms with Crippen molar-refractivity contribution < 1.29 is 4.79 Å². The van der Waals surface area contributed by atoms with Gasteiger partial charge in [0.25, 0.3) is 0 Å². The molecule has 1 saturated heterocycles. The Morgan fingerprint density at radius 1 is 1.33 bits per heavy atom. The average Bonchev–Trinajstić information content (AvgIpc) is 2.40. The fourth-order valence-electron chi connectivity index (χ4n) is 2.45. The summed E-state index contributed by atoms with van der Waals surface area (Å²) in [5, 5.41) is 3.40. The molecule has 0 aromatic heterocycles. The Bertz CT molecular complexity index is 391. The van der Waals surface area contributed by atoms with Gasteiger partial charge in [0.2, 0.25) is 5.91 Å². The SMILES string of the molecule is CC1NCCN(C(=O)CCc2ccccc2)C1C. The normalized spacial score (nSPS) is 24.0. The van der Waals surface area contributed by atoms with Crippen LogP contribution in [0.3, 0.4) is 0 Å². The van der Waals surface area contributed by atoms with Gasteiger partial charge < -0.3 is 10.2 Å². The summed E-state index contributed by atoms with van der Waals surface area (Å²) in [6.45, 7) is 6.00. The lowest BCUT2D eigenvalue weighted by atomic mass is 10.0. The maximum absolute atomic E-state index is 12.2. The Balaban J connectivity index is 1.88. The fraction of sp³-hybridized carbons (Fsp3) is 0.533. The predicted octanol–water partition coefficient (Wildman–Crippen LogP) is 1.83. The van der Waals surface area contributed by atoms with Crippen molar-refractivity contribution in [3.8, 4) is 0 Å². The summed E-state index contributed by atoms with van der Waals surface area (Å²) in [4.78, 5) is 14.2. The summed E-state index contributed by atoms with van der Waals surface area (Å²) in [5.41, 5.74) is 1.24. The van der Waals surface area contributed by atoms with Gasteiger partial charge in [0, 0.05) is 31.6 Å². The van der Waals surface area contributed by atoms with Crippen LogP contribution in [0.2, 0.25) is 0 Å². The molecule has 3 heteroatoms. The highest BCUT2D eigenvalue weighted by atomic mass is 16.2. The van der Waals surface area contributed by atoms with E-state index in [1.807, 2.05) is 23.1 Å². The van der Waals surface area contributed by atoms with E-state index in [-0.39, 0.29) is 5.91 Å². The number of aryl methyl sites for hydroxylation is 1. The van der Waals surface area contributed by atoms with Crippen molar-refractivity contribution in [3.63, 3.8) is 0 Å². The summed E-state index contributed by atoms with van der Waals surface area (Å²) in [5.74, 6) is 0.278. The zero-order valence-electron chi connectivity index (χ0n) is 11.2. The first-order chi connectivity index (χ1) is 8.68. The van der Waals surface area contributed by atoms with Crippen molar-refractivity contribution in [3.05, 3.63) is 35.9 Å². The second-order valence-electron chi connectivity index (χ2n) is 5.06. The second kappa shape index (κ2) is 6.01. The van der Waals surface area contributed by atoms with Gasteiger partial charge in [0.15, 0.2) is 0 Å². The van der Waals surface area contributed by atoms with Crippen molar-refractivity contribution in [1.29, 1.82) is 0 Å². The monoisotopic (exact) mass is 246 g/mol. The molecule has 0 spiro atoms. The van der Waals surface area contributed by atoms with E-state index in [9.17, 15) is 4.79 Å². The van der Waals surface area contributed by atoms with E-state index in [1.165, 1.54) is 5.56 Å². The molecule has 1 fully saturated rings. The smallest absolute Gasteiger partial charge is 0.223 e. The molecule has 98 valence electrons. The van der Waals surface area contributed by atoms with E-state index < -0.39 is 0 Å². The number of hydrogen-bond donors (Lipinski definition) is 1. The maximum atomic E-state index is 12.2. The highest BCUT2D eigenvalue weighted by Crippen LogP contribution is 2.12. The summed E-state index contributed by atoms with van der Waals surface area (Å²) < 4.78 is 0. The van der Waals surface area contributed by atoms with Gasteiger partial charge in [-0.25, -0.2) is 0 Å². The van der Waals surface area contributed by atoms with Gasteiger partial charge in [0.05, 0.1) is 0 Å². The standard InChI is InChI=1S/C15H22N2O/c1-12-13(2)17(11-10-16-12)15(18)9-8-14-6-4-3-5-7-14/h3-7,12-13,16H,8-11H2,1-2H3. The fourth-order valence-corrected chi connectivity index (χ4v) is 2.45. The van der Waals surface area contributed by atoms with Gasteiger partial charge in [-0.2, -0.15) is 0 Å². The van der Waals surface area contributed by atoms with Crippen molar-refractivity contribution >= 4 is 5.91 Å². The Kier molecular flexibility index (Phi) is 4.37. The molecule has 0 bridgehead atoms. The quantitative estimate of drug-likeness (QED) is 0.882. The molecule has 0 saturated carbocycles. The van der Waals surface area contributed by atoms with E-state index in [0.29, 0.717) is 18.5 Å². The van der Waals surface area contributed by atoms with Gasteiger partial charge in [-0.15, -0.1) is 0 Å². The molecule has 1 heterocycles. The van der Waals surface area contributed by atoms with Gasteiger partial charge in [-0.05, 0) is 25.8 Å². The molecule has 2 rings (SSSR count). The van der Waals surface area contributed by atoms with Crippen molar-refractivity contribution in [2.45, 2.75) is 38.8 Å². The lowest BCUT2D eigenvalue weighted by Crippen LogP contribution is -2.57. The molecule has 2 atom stereocenters. The first-order valence-electron chi connectivity index (χ1n) is 6.75. The van der Waals surface area contributed by atoms with Crippen molar-refractivity contribution in [2.75, 3.05) is 13.1 Å². The van der Waals surface area contributed by atoms with Gasteiger partial charge >= 0.3 is 0 Å². The molecule has 18 heavy (non-hydrogen) atoms. The lowest BCUT2D eigenvalue weighted by molar-refractivity contribution is -0.134. The predicted molar refractivity (Wildman–Crippen MR) is 73.4 cm³/mol. The van der Waals surface area contributed by atoms with Crippen LogP contribution in [-0.2, 0) is 11.2 Å². The molecule has 1 aromatic rings. The zero-order valence-corrected chi connectivity index (χ0v) is 11.2. The van der Waals surface area contributed by atoms with Gasteiger partial charge in [0.1, 0.15) is 0 Å². The molecule has 2 unspecified atom stereocenters.